The fourth-order valence-electron chi connectivity index (χ4n) is 3.56. The van der Waals surface area contributed by atoms with E-state index in [1.807, 2.05) is 6.92 Å². The molecule has 0 aliphatic rings. The number of halogens is 5. The zero-order valence-electron chi connectivity index (χ0n) is 17.5. The SMILES string of the molecule is Cc1cc2c(nc1C)c(=O)c(-c1nc3cc(C(F)(F)F)ncc3s1)cn2-c1ccc(Cl)cc1F. The Balaban J connectivity index is 1.82. The van der Waals surface area contributed by atoms with Crippen molar-refractivity contribution in [2.45, 2.75) is 20.0 Å². The topological polar surface area (TPSA) is 60.7 Å². The molecule has 0 unspecified atom stereocenters. The first-order valence-corrected chi connectivity index (χ1v) is 11.1. The van der Waals surface area contributed by atoms with Gasteiger partial charge in [0.15, 0.2) is 0 Å². The van der Waals surface area contributed by atoms with E-state index < -0.39 is 23.1 Å². The lowest BCUT2D eigenvalue weighted by molar-refractivity contribution is -0.141. The molecule has 4 heterocycles. The maximum absolute atomic E-state index is 14.9. The number of nitrogens with zero attached hydrogens (tertiary/aromatic N) is 4. The number of hydrogen-bond donors (Lipinski definition) is 0. The molecular weight excluding hydrogens is 492 g/mol. The lowest BCUT2D eigenvalue weighted by Gasteiger charge is -2.15. The highest BCUT2D eigenvalue weighted by Gasteiger charge is 2.33. The van der Waals surface area contributed by atoms with E-state index in [0.29, 0.717) is 15.9 Å². The third-order valence-corrected chi connectivity index (χ3v) is 6.66. The van der Waals surface area contributed by atoms with Crippen molar-refractivity contribution in [2.75, 3.05) is 0 Å². The highest BCUT2D eigenvalue weighted by atomic mass is 35.5. The van der Waals surface area contributed by atoms with Crippen LogP contribution in [0.2, 0.25) is 5.02 Å². The molecule has 5 nitrogen and oxygen atoms in total. The Labute approximate surface area is 198 Å². The first-order chi connectivity index (χ1) is 16.0. The van der Waals surface area contributed by atoms with Gasteiger partial charge in [-0.2, -0.15) is 13.2 Å². The number of hydrogen-bond acceptors (Lipinski definition) is 5. The summed E-state index contributed by atoms with van der Waals surface area (Å²) in [7, 11) is 0. The Morgan fingerprint density at radius 3 is 2.56 bits per heavy atom. The minimum absolute atomic E-state index is 0.0547. The van der Waals surface area contributed by atoms with Crippen LogP contribution >= 0.6 is 22.9 Å². The third kappa shape index (κ3) is 3.72. The van der Waals surface area contributed by atoms with Crippen LogP contribution in [0.5, 0.6) is 0 Å². The van der Waals surface area contributed by atoms with Gasteiger partial charge < -0.3 is 4.57 Å². The number of aromatic nitrogens is 4. The molecule has 5 rings (SSSR count). The molecule has 0 saturated heterocycles. The van der Waals surface area contributed by atoms with Crippen molar-refractivity contribution in [1.82, 2.24) is 19.5 Å². The predicted octanol–water partition coefficient (Wildman–Crippen LogP) is 6.49. The lowest BCUT2D eigenvalue weighted by Crippen LogP contribution is -2.14. The minimum atomic E-state index is -4.63. The van der Waals surface area contributed by atoms with Gasteiger partial charge in [-0.3, -0.25) is 9.78 Å². The quantitative estimate of drug-likeness (QED) is 0.258. The largest absolute Gasteiger partial charge is 0.433 e. The molecule has 0 aliphatic carbocycles. The Morgan fingerprint density at radius 1 is 1.09 bits per heavy atom. The van der Waals surface area contributed by atoms with Gasteiger partial charge in [0, 0.05) is 23.1 Å². The zero-order valence-corrected chi connectivity index (χ0v) is 19.1. The van der Waals surface area contributed by atoms with Crippen LogP contribution in [0.1, 0.15) is 17.0 Å². The number of pyridine rings is 3. The second kappa shape index (κ2) is 7.85. The van der Waals surface area contributed by atoms with Crippen molar-refractivity contribution in [3.05, 3.63) is 80.7 Å². The molecule has 11 heteroatoms. The van der Waals surface area contributed by atoms with Gasteiger partial charge in [0.25, 0.3) is 0 Å². The first kappa shape index (κ1) is 22.4. The summed E-state index contributed by atoms with van der Waals surface area (Å²) in [4.78, 5) is 25.5. The van der Waals surface area contributed by atoms with Crippen molar-refractivity contribution in [3.63, 3.8) is 0 Å². The molecule has 0 saturated carbocycles. The van der Waals surface area contributed by atoms with Gasteiger partial charge in [-0.25, -0.2) is 14.4 Å². The highest BCUT2D eigenvalue weighted by molar-refractivity contribution is 7.21. The lowest BCUT2D eigenvalue weighted by atomic mass is 10.1. The van der Waals surface area contributed by atoms with Gasteiger partial charge >= 0.3 is 6.18 Å². The normalized spacial score (nSPS) is 12.1. The van der Waals surface area contributed by atoms with E-state index in [0.717, 1.165) is 35.2 Å². The molecule has 0 spiro atoms. The number of aryl methyl sites for hydroxylation is 2. The van der Waals surface area contributed by atoms with Gasteiger partial charge in [-0.1, -0.05) is 11.6 Å². The minimum Gasteiger partial charge on any atom is -0.311 e. The van der Waals surface area contributed by atoms with Gasteiger partial charge in [0.05, 0.1) is 27.0 Å². The van der Waals surface area contributed by atoms with Crippen LogP contribution in [0.15, 0.2) is 47.5 Å². The average Bonchev–Trinajstić information content (AvgIpc) is 3.18. The van der Waals surface area contributed by atoms with E-state index in [4.69, 9.17) is 11.6 Å². The molecule has 0 aliphatic heterocycles. The van der Waals surface area contributed by atoms with Gasteiger partial charge in [-0.15, -0.1) is 11.3 Å². The molecule has 0 bridgehead atoms. The maximum atomic E-state index is 14.9. The molecule has 172 valence electrons. The summed E-state index contributed by atoms with van der Waals surface area (Å²) in [5.74, 6) is -0.620. The van der Waals surface area contributed by atoms with E-state index in [-0.39, 0.29) is 32.3 Å². The van der Waals surface area contributed by atoms with Crippen LogP contribution in [0, 0.1) is 19.7 Å². The standard InChI is InChI=1S/C23H13ClF4N4OS/c1-10-5-17-20(30-11(10)2)21(33)13(9-32(17)16-4-3-12(24)6-14(16)25)22-31-15-7-19(23(26,27)28)29-8-18(15)34-22/h3-9H,1-2H3. The fraction of sp³-hybridized carbons (Fsp3) is 0.130. The predicted molar refractivity (Wildman–Crippen MR) is 123 cm³/mol. The van der Waals surface area contributed by atoms with Gasteiger partial charge in [0.2, 0.25) is 5.43 Å². The van der Waals surface area contributed by atoms with E-state index in [2.05, 4.69) is 15.0 Å². The number of benzene rings is 1. The molecule has 0 amide bonds. The molecule has 0 radical (unpaired) electrons. The van der Waals surface area contributed by atoms with E-state index in [9.17, 15) is 22.4 Å². The Hall–Kier alpha value is -3.37. The molecule has 34 heavy (non-hydrogen) atoms. The maximum Gasteiger partial charge on any atom is 0.433 e. The Bertz CT molecular complexity index is 1680. The smallest absolute Gasteiger partial charge is 0.311 e. The van der Waals surface area contributed by atoms with Gasteiger partial charge in [0.1, 0.15) is 22.0 Å². The third-order valence-electron chi connectivity index (χ3n) is 5.39. The number of alkyl halides is 3. The number of thiazole rings is 1. The Morgan fingerprint density at radius 2 is 1.85 bits per heavy atom. The van der Waals surface area contributed by atoms with Crippen molar-refractivity contribution in [1.29, 1.82) is 0 Å². The summed E-state index contributed by atoms with van der Waals surface area (Å²) in [6, 6.07) is 6.70. The molecular formula is C23H13ClF4N4OS. The summed E-state index contributed by atoms with van der Waals surface area (Å²) in [6.07, 6.45) is -2.13. The molecule has 0 N–H and O–H groups in total. The van der Waals surface area contributed by atoms with Crippen molar-refractivity contribution < 1.29 is 17.6 Å². The summed E-state index contributed by atoms with van der Waals surface area (Å²) in [5.41, 5.74) is 0.593. The Kier molecular flexibility index (Phi) is 5.18. The monoisotopic (exact) mass is 504 g/mol. The molecule has 1 aromatic carbocycles. The summed E-state index contributed by atoms with van der Waals surface area (Å²) in [6.45, 7) is 3.57. The second-order valence-electron chi connectivity index (χ2n) is 7.65. The molecule has 0 atom stereocenters. The van der Waals surface area contributed by atoms with Crippen LogP contribution in [-0.4, -0.2) is 19.5 Å². The van der Waals surface area contributed by atoms with Crippen molar-refractivity contribution in [2.24, 2.45) is 0 Å². The summed E-state index contributed by atoms with van der Waals surface area (Å²) in [5, 5.41) is 0.377. The van der Waals surface area contributed by atoms with Crippen LogP contribution < -0.4 is 5.43 Å². The van der Waals surface area contributed by atoms with E-state index in [1.165, 1.54) is 22.9 Å². The molecule has 5 aromatic rings. The van der Waals surface area contributed by atoms with E-state index >= 15 is 0 Å². The molecule has 0 fully saturated rings. The van der Waals surface area contributed by atoms with Gasteiger partial charge in [-0.05, 0) is 49.7 Å². The zero-order chi connectivity index (χ0) is 24.4. The van der Waals surface area contributed by atoms with Crippen LogP contribution in [-0.2, 0) is 6.18 Å². The summed E-state index contributed by atoms with van der Waals surface area (Å²) >= 11 is 6.92. The van der Waals surface area contributed by atoms with Crippen molar-refractivity contribution >= 4 is 44.2 Å². The summed E-state index contributed by atoms with van der Waals surface area (Å²) < 4.78 is 55.9. The number of rotatable bonds is 2. The van der Waals surface area contributed by atoms with Crippen LogP contribution in [0.3, 0.4) is 0 Å². The van der Waals surface area contributed by atoms with Crippen LogP contribution in [0.25, 0.3) is 37.5 Å². The number of fused-ring (bicyclic) bond motifs is 2. The average molecular weight is 505 g/mol. The second-order valence-corrected chi connectivity index (χ2v) is 9.12. The van der Waals surface area contributed by atoms with Crippen LogP contribution in [0.4, 0.5) is 17.6 Å². The van der Waals surface area contributed by atoms with E-state index in [1.54, 1.807) is 13.0 Å². The highest BCUT2D eigenvalue weighted by Crippen LogP contribution is 2.34. The fourth-order valence-corrected chi connectivity index (χ4v) is 4.64. The molecule has 4 aromatic heterocycles. The first-order valence-electron chi connectivity index (χ1n) is 9.86. The van der Waals surface area contributed by atoms with Crippen molar-refractivity contribution in [3.8, 4) is 16.3 Å².